The fourth-order valence-corrected chi connectivity index (χ4v) is 12.8. The van der Waals surface area contributed by atoms with Crippen molar-refractivity contribution in [3.8, 4) is 0 Å². The molecule has 6 nitrogen and oxygen atoms in total. The zero-order valence-corrected chi connectivity index (χ0v) is 26.1. The second kappa shape index (κ2) is 9.01. The lowest BCUT2D eigenvalue weighted by Crippen LogP contribution is -2.59. The van der Waals surface area contributed by atoms with Gasteiger partial charge in [-0.05, 0) is 108 Å². The first-order valence-electron chi connectivity index (χ1n) is 16.5. The molecule has 1 aromatic rings. The van der Waals surface area contributed by atoms with Crippen LogP contribution in [0.15, 0.2) is 24.5 Å². The molecule has 5 aliphatic carbocycles. The zero-order valence-electron chi connectivity index (χ0n) is 26.1. The number of amides is 1. The summed E-state index contributed by atoms with van der Waals surface area (Å²) in [5.41, 5.74) is 1.50. The van der Waals surface area contributed by atoms with Crippen molar-refractivity contribution in [1.82, 2.24) is 9.88 Å². The van der Waals surface area contributed by atoms with Gasteiger partial charge in [-0.3, -0.25) is 9.78 Å². The van der Waals surface area contributed by atoms with Crippen LogP contribution in [-0.4, -0.2) is 57.0 Å². The van der Waals surface area contributed by atoms with Gasteiger partial charge in [-0.15, -0.1) is 0 Å². The molecule has 0 bridgehead atoms. The summed E-state index contributed by atoms with van der Waals surface area (Å²) in [7, 11) is 0. The monoisotopic (exact) mass is 564 g/mol. The Morgan fingerprint density at radius 3 is 2.51 bits per heavy atom. The van der Waals surface area contributed by atoms with Gasteiger partial charge in [-0.1, -0.05) is 40.7 Å². The lowest BCUT2D eigenvalue weighted by molar-refractivity contribution is -0.182. The lowest BCUT2D eigenvalue weighted by atomic mass is 9.41. The fourth-order valence-electron chi connectivity index (χ4n) is 12.8. The Kier molecular flexibility index (Phi) is 6.22. The van der Waals surface area contributed by atoms with Crippen molar-refractivity contribution < 1.29 is 19.7 Å². The Balaban J connectivity index is 1.16. The van der Waals surface area contributed by atoms with E-state index in [0.29, 0.717) is 47.6 Å². The summed E-state index contributed by atoms with van der Waals surface area (Å²) in [5, 5.41) is 23.4. The number of carbonyl (C=O) groups excluding carboxylic acids is 1. The van der Waals surface area contributed by atoms with Crippen LogP contribution >= 0.6 is 0 Å². The highest BCUT2D eigenvalue weighted by Crippen LogP contribution is 2.89. The van der Waals surface area contributed by atoms with E-state index >= 15 is 0 Å². The SMILES string of the molecule is CC(=O)N(Cc1cccnc1)CC1C[C@@H](C)[C@H]2C(O1)[C@H](O)[C@@]1(C)C3CC[C@H]4C(C)(C)[C@@H](O)CC[C@@]45C[C@@]35CC[C@]21C. The maximum Gasteiger partial charge on any atom is 0.219 e. The van der Waals surface area contributed by atoms with Crippen LogP contribution in [0, 0.1) is 50.7 Å². The minimum absolute atomic E-state index is 0.0279. The van der Waals surface area contributed by atoms with E-state index < -0.39 is 6.10 Å². The summed E-state index contributed by atoms with van der Waals surface area (Å²) in [6, 6.07) is 3.93. The number of hydrogen-bond acceptors (Lipinski definition) is 5. The van der Waals surface area contributed by atoms with Crippen molar-refractivity contribution >= 4 is 5.91 Å². The molecule has 2 N–H and O–H groups in total. The predicted octanol–water partition coefficient (Wildman–Crippen LogP) is 5.60. The van der Waals surface area contributed by atoms with Crippen LogP contribution in [0.5, 0.6) is 0 Å². The molecule has 6 heteroatoms. The molecular formula is C35H52N2O4. The van der Waals surface area contributed by atoms with Gasteiger partial charge < -0.3 is 19.8 Å². The third kappa shape index (κ3) is 3.53. The van der Waals surface area contributed by atoms with Crippen LogP contribution < -0.4 is 0 Å². The van der Waals surface area contributed by atoms with E-state index in [4.69, 9.17) is 4.74 Å². The summed E-state index contributed by atoms with van der Waals surface area (Å²) in [6.45, 7) is 14.7. The molecule has 2 heterocycles. The smallest absolute Gasteiger partial charge is 0.219 e. The van der Waals surface area contributed by atoms with E-state index in [1.165, 1.54) is 19.3 Å². The number of aliphatic hydroxyl groups is 2. The molecule has 7 rings (SSSR count). The predicted molar refractivity (Wildman–Crippen MR) is 157 cm³/mol. The van der Waals surface area contributed by atoms with Crippen LogP contribution in [0.2, 0.25) is 0 Å². The number of aliphatic hydroxyl groups excluding tert-OH is 2. The first-order chi connectivity index (χ1) is 19.3. The summed E-state index contributed by atoms with van der Waals surface area (Å²) in [6.07, 6.45) is 11.7. The Morgan fingerprint density at radius 1 is 1.07 bits per heavy atom. The summed E-state index contributed by atoms with van der Waals surface area (Å²) in [4.78, 5) is 18.8. The molecule has 1 aromatic heterocycles. The summed E-state index contributed by atoms with van der Waals surface area (Å²) in [5.74, 6) is 1.89. The van der Waals surface area contributed by atoms with Crippen molar-refractivity contribution in [3.05, 3.63) is 30.1 Å². The number of hydrogen-bond donors (Lipinski definition) is 2. The van der Waals surface area contributed by atoms with Gasteiger partial charge in [-0.25, -0.2) is 0 Å². The molecule has 12 atom stereocenters. The molecule has 3 unspecified atom stereocenters. The molecule has 41 heavy (non-hydrogen) atoms. The number of carbonyl (C=O) groups is 1. The Morgan fingerprint density at radius 2 is 1.80 bits per heavy atom. The van der Waals surface area contributed by atoms with Gasteiger partial charge in [0.15, 0.2) is 0 Å². The number of rotatable bonds is 4. The van der Waals surface area contributed by atoms with Gasteiger partial charge in [0, 0.05) is 37.8 Å². The van der Waals surface area contributed by atoms with Gasteiger partial charge >= 0.3 is 0 Å². The Bertz CT molecular complexity index is 1210. The molecular weight excluding hydrogens is 512 g/mol. The molecule has 1 saturated heterocycles. The number of fused-ring (bicyclic) bond motifs is 4. The highest BCUT2D eigenvalue weighted by atomic mass is 16.5. The third-order valence-corrected chi connectivity index (χ3v) is 14.8. The van der Waals surface area contributed by atoms with E-state index in [1.54, 1.807) is 13.1 Å². The third-order valence-electron chi connectivity index (χ3n) is 14.8. The van der Waals surface area contributed by atoms with E-state index in [-0.39, 0.29) is 40.5 Å². The zero-order chi connectivity index (χ0) is 29.2. The van der Waals surface area contributed by atoms with Crippen molar-refractivity contribution in [2.45, 2.75) is 124 Å². The second-order valence-corrected chi connectivity index (χ2v) is 16.4. The minimum Gasteiger partial charge on any atom is -0.393 e. The second-order valence-electron chi connectivity index (χ2n) is 16.4. The highest BCUT2D eigenvalue weighted by molar-refractivity contribution is 5.73. The van der Waals surface area contributed by atoms with E-state index in [1.807, 2.05) is 23.2 Å². The average Bonchev–Trinajstić information content (AvgIpc) is 3.56. The maximum absolute atomic E-state index is 12.7. The van der Waals surface area contributed by atoms with Gasteiger partial charge in [-0.2, -0.15) is 0 Å². The van der Waals surface area contributed by atoms with Gasteiger partial charge in [0.2, 0.25) is 5.91 Å². The first-order valence-corrected chi connectivity index (χ1v) is 16.5. The first kappa shape index (κ1) is 28.3. The van der Waals surface area contributed by atoms with E-state index in [2.05, 4.69) is 39.6 Å². The molecule has 226 valence electrons. The molecule has 1 amide bonds. The number of ether oxygens (including phenoxy) is 1. The largest absolute Gasteiger partial charge is 0.393 e. The molecule has 0 radical (unpaired) electrons. The number of pyridine rings is 1. The van der Waals surface area contributed by atoms with Crippen LogP contribution in [0.3, 0.4) is 0 Å². The fraction of sp³-hybridized carbons (Fsp3) is 0.829. The van der Waals surface area contributed by atoms with Gasteiger partial charge in [0.25, 0.3) is 0 Å². The van der Waals surface area contributed by atoms with Crippen LogP contribution in [0.4, 0.5) is 0 Å². The van der Waals surface area contributed by atoms with Crippen molar-refractivity contribution in [3.63, 3.8) is 0 Å². The molecule has 6 aliphatic rings. The Labute approximate surface area is 246 Å². The molecule has 5 saturated carbocycles. The standard InChI is InChI=1S/C35H52N2O4/c1-21-16-24(19-37(22(2)38)18-23-8-7-15-36-17-23)41-29-28(21)32(5)13-14-35-20-34(35)12-11-27(39)31(3,4)25(34)9-10-26(35)33(32,6)30(29)40/h7-8,15,17,21,24-30,39-40H,9-14,16,18-20H2,1-6H3/t21-,24?,25+,26?,27+,28+,29?,30+,32-,33-,34-,35+/m1/s1. The number of aromatic nitrogens is 1. The average molecular weight is 565 g/mol. The number of nitrogens with zero attached hydrogens (tertiary/aromatic N) is 2. The summed E-state index contributed by atoms with van der Waals surface area (Å²) >= 11 is 0. The van der Waals surface area contributed by atoms with Gasteiger partial charge in [0.1, 0.15) is 0 Å². The molecule has 0 aromatic carbocycles. The minimum atomic E-state index is -0.495. The molecule has 6 fully saturated rings. The van der Waals surface area contributed by atoms with Crippen LogP contribution in [-0.2, 0) is 16.1 Å². The molecule has 2 spiro atoms. The van der Waals surface area contributed by atoms with Crippen molar-refractivity contribution in [2.24, 2.45) is 50.7 Å². The van der Waals surface area contributed by atoms with Crippen LogP contribution in [0.1, 0.15) is 98.5 Å². The highest BCUT2D eigenvalue weighted by Gasteiger charge is 2.84. The summed E-state index contributed by atoms with van der Waals surface area (Å²) < 4.78 is 6.92. The van der Waals surface area contributed by atoms with Crippen LogP contribution in [0.25, 0.3) is 0 Å². The lowest BCUT2D eigenvalue weighted by Gasteiger charge is -2.63. The topological polar surface area (TPSA) is 82.9 Å². The van der Waals surface area contributed by atoms with Gasteiger partial charge in [0.05, 0.1) is 24.4 Å². The van der Waals surface area contributed by atoms with E-state index in [9.17, 15) is 15.0 Å². The molecule has 1 aliphatic heterocycles. The maximum atomic E-state index is 12.7. The van der Waals surface area contributed by atoms with Crippen molar-refractivity contribution in [2.75, 3.05) is 6.54 Å². The van der Waals surface area contributed by atoms with E-state index in [0.717, 1.165) is 37.7 Å². The van der Waals surface area contributed by atoms with Crippen molar-refractivity contribution in [1.29, 1.82) is 0 Å². The quantitative estimate of drug-likeness (QED) is 0.497. The Hall–Kier alpha value is -1.50. The normalized spacial score (nSPS) is 50.9.